The van der Waals surface area contributed by atoms with Crippen molar-refractivity contribution in [3.63, 3.8) is 0 Å². The van der Waals surface area contributed by atoms with Gasteiger partial charge in [-0.05, 0) is 46.5 Å². The zero-order chi connectivity index (χ0) is 12.1. The first-order chi connectivity index (χ1) is 7.34. The highest BCUT2D eigenvalue weighted by Gasteiger charge is 2.64. The second kappa shape index (κ2) is 4.00. The molecule has 0 bridgehead atoms. The molecule has 4 heteroatoms. The Kier molecular flexibility index (Phi) is 3.10. The SMILES string of the molecule is CC(=O)[C@H]1[C@@H](C2CCC2)N1[S@+]([O-])C(C)(C)C. The van der Waals surface area contributed by atoms with E-state index < -0.39 is 11.4 Å². The minimum Gasteiger partial charge on any atom is -0.597 e. The Morgan fingerprint density at radius 3 is 2.25 bits per heavy atom. The lowest BCUT2D eigenvalue weighted by atomic mass is 9.81. The van der Waals surface area contributed by atoms with Gasteiger partial charge in [-0.25, -0.2) is 0 Å². The fourth-order valence-corrected chi connectivity index (χ4v) is 3.99. The molecule has 0 amide bonds. The predicted molar refractivity (Wildman–Crippen MR) is 65.3 cm³/mol. The van der Waals surface area contributed by atoms with Crippen LogP contribution in [0.1, 0.15) is 47.0 Å². The third-order valence-electron chi connectivity index (χ3n) is 3.57. The highest BCUT2D eigenvalue weighted by atomic mass is 32.2. The maximum absolute atomic E-state index is 12.3. The van der Waals surface area contributed by atoms with Crippen LogP contribution >= 0.6 is 0 Å². The van der Waals surface area contributed by atoms with E-state index in [1.807, 2.05) is 25.1 Å². The summed E-state index contributed by atoms with van der Waals surface area (Å²) < 4.78 is 14.0. The number of carbonyl (C=O) groups is 1. The molecule has 0 aromatic heterocycles. The Morgan fingerprint density at radius 2 is 1.94 bits per heavy atom. The minimum atomic E-state index is -1.03. The molecule has 1 aliphatic heterocycles. The summed E-state index contributed by atoms with van der Waals surface area (Å²) in [7, 11) is 0. The molecule has 0 radical (unpaired) electrons. The van der Waals surface area contributed by atoms with Gasteiger partial charge in [-0.3, -0.25) is 4.79 Å². The maximum atomic E-state index is 12.3. The van der Waals surface area contributed by atoms with Crippen molar-refractivity contribution >= 4 is 17.1 Å². The monoisotopic (exact) mass is 243 g/mol. The van der Waals surface area contributed by atoms with Gasteiger partial charge < -0.3 is 4.55 Å². The van der Waals surface area contributed by atoms with Crippen molar-refractivity contribution in [3.8, 4) is 0 Å². The van der Waals surface area contributed by atoms with Gasteiger partial charge in [-0.1, -0.05) is 6.42 Å². The molecule has 16 heavy (non-hydrogen) atoms. The molecule has 2 aliphatic rings. The highest BCUT2D eigenvalue weighted by molar-refractivity contribution is 7.90. The number of hydrogen-bond acceptors (Lipinski definition) is 3. The lowest BCUT2D eigenvalue weighted by Crippen LogP contribution is -2.36. The largest absolute Gasteiger partial charge is 0.597 e. The quantitative estimate of drug-likeness (QED) is 0.561. The third kappa shape index (κ3) is 2.03. The smallest absolute Gasteiger partial charge is 0.153 e. The van der Waals surface area contributed by atoms with Crippen LogP contribution in [0.4, 0.5) is 0 Å². The average Bonchev–Trinajstić information content (AvgIpc) is 2.73. The maximum Gasteiger partial charge on any atom is 0.153 e. The molecular weight excluding hydrogens is 222 g/mol. The number of nitrogens with zero attached hydrogens (tertiary/aromatic N) is 1. The van der Waals surface area contributed by atoms with Crippen LogP contribution in [0.5, 0.6) is 0 Å². The molecule has 0 spiro atoms. The lowest BCUT2D eigenvalue weighted by molar-refractivity contribution is -0.117. The van der Waals surface area contributed by atoms with Crippen molar-refractivity contribution in [1.29, 1.82) is 0 Å². The molecule has 1 aliphatic carbocycles. The first-order valence-corrected chi connectivity index (χ1v) is 7.15. The Hall–Kier alpha value is -0.0600. The molecule has 1 saturated heterocycles. The van der Waals surface area contributed by atoms with E-state index in [0.29, 0.717) is 5.92 Å². The standard InChI is InChI=1S/C12H21NO2S/c1-8(14)10-11(9-6-5-7-9)13(10)16(15)12(2,3)4/h9-11H,5-7H2,1-4H3/t10-,11+,13?,16+/m0/s1. The molecule has 92 valence electrons. The van der Waals surface area contributed by atoms with Crippen LogP contribution in [0.15, 0.2) is 0 Å². The lowest BCUT2D eigenvalue weighted by Gasteiger charge is -2.28. The number of carbonyl (C=O) groups excluding carboxylic acids is 1. The third-order valence-corrected chi connectivity index (χ3v) is 5.47. The van der Waals surface area contributed by atoms with Crippen LogP contribution in [0.3, 0.4) is 0 Å². The molecule has 1 heterocycles. The molecule has 0 aromatic rings. The van der Waals surface area contributed by atoms with E-state index >= 15 is 0 Å². The van der Waals surface area contributed by atoms with E-state index in [0.717, 1.165) is 0 Å². The van der Waals surface area contributed by atoms with Crippen LogP contribution in [-0.2, 0) is 16.2 Å². The summed E-state index contributed by atoms with van der Waals surface area (Å²) in [5.41, 5.74) is 0. The molecule has 4 atom stereocenters. The topological polar surface area (TPSA) is 43.1 Å². The Bertz CT molecular complexity index is 296. The van der Waals surface area contributed by atoms with Crippen molar-refractivity contribution in [1.82, 2.24) is 4.31 Å². The van der Waals surface area contributed by atoms with Gasteiger partial charge in [0.2, 0.25) is 0 Å². The van der Waals surface area contributed by atoms with Crippen LogP contribution in [-0.4, -0.2) is 31.5 Å². The first-order valence-electron chi connectivity index (χ1n) is 6.05. The number of ketones is 1. The molecule has 1 saturated carbocycles. The second-order valence-electron chi connectivity index (χ2n) is 5.96. The summed E-state index contributed by atoms with van der Waals surface area (Å²) in [5.74, 6) is 0.787. The summed E-state index contributed by atoms with van der Waals surface area (Å²) in [6, 6.07) is 0.205. The Balaban J connectivity index is 2.06. The van der Waals surface area contributed by atoms with E-state index in [1.54, 1.807) is 6.92 Å². The summed E-state index contributed by atoms with van der Waals surface area (Å²) in [6.45, 7) is 7.53. The van der Waals surface area contributed by atoms with E-state index in [2.05, 4.69) is 0 Å². The van der Waals surface area contributed by atoms with Gasteiger partial charge in [0.25, 0.3) is 0 Å². The van der Waals surface area contributed by atoms with Gasteiger partial charge >= 0.3 is 0 Å². The minimum absolute atomic E-state index is 0.0645. The van der Waals surface area contributed by atoms with Gasteiger partial charge in [-0.2, -0.15) is 0 Å². The molecule has 2 fully saturated rings. The van der Waals surface area contributed by atoms with Gasteiger partial charge in [-0.15, -0.1) is 4.31 Å². The molecule has 1 unspecified atom stereocenters. The van der Waals surface area contributed by atoms with Gasteiger partial charge in [0, 0.05) is 11.4 Å². The van der Waals surface area contributed by atoms with Crippen molar-refractivity contribution < 1.29 is 9.35 Å². The van der Waals surface area contributed by atoms with Crippen molar-refractivity contribution in [2.24, 2.45) is 5.92 Å². The van der Waals surface area contributed by atoms with E-state index in [4.69, 9.17) is 0 Å². The van der Waals surface area contributed by atoms with E-state index in [1.165, 1.54) is 19.3 Å². The van der Waals surface area contributed by atoms with Gasteiger partial charge in [0.1, 0.15) is 10.8 Å². The summed E-state index contributed by atoms with van der Waals surface area (Å²) in [4.78, 5) is 11.5. The van der Waals surface area contributed by atoms with Crippen LogP contribution in [0.25, 0.3) is 0 Å². The normalized spacial score (nSPS) is 36.7. The summed E-state index contributed by atoms with van der Waals surface area (Å²) in [5, 5.41) is 0. The van der Waals surface area contributed by atoms with Crippen molar-refractivity contribution in [2.45, 2.75) is 63.8 Å². The zero-order valence-corrected chi connectivity index (χ0v) is 11.3. The number of hydrogen-bond donors (Lipinski definition) is 0. The first kappa shape index (κ1) is 12.4. The molecule has 3 nitrogen and oxygen atoms in total. The van der Waals surface area contributed by atoms with E-state index in [-0.39, 0.29) is 22.6 Å². The molecule has 2 rings (SSSR count). The predicted octanol–water partition coefficient (Wildman–Crippen LogP) is 1.89. The zero-order valence-electron chi connectivity index (χ0n) is 10.5. The van der Waals surface area contributed by atoms with Crippen LogP contribution in [0.2, 0.25) is 0 Å². The van der Waals surface area contributed by atoms with Gasteiger partial charge in [0.15, 0.2) is 5.78 Å². The van der Waals surface area contributed by atoms with Gasteiger partial charge in [0.05, 0.1) is 6.04 Å². The summed E-state index contributed by atoms with van der Waals surface area (Å²) >= 11 is -1.03. The Morgan fingerprint density at radius 1 is 1.38 bits per heavy atom. The fourth-order valence-electron chi connectivity index (χ4n) is 2.43. The number of rotatable bonds is 3. The van der Waals surface area contributed by atoms with Crippen LogP contribution in [0, 0.1) is 5.92 Å². The highest BCUT2D eigenvalue weighted by Crippen LogP contribution is 2.48. The van der Waals surface area contributed by atoms with E-state index in [9.17, 15) is 9.35 Å². The Labute approximate surface area is 101 Å². The van der Waals surface area contributed by atoms with Crippen molar-refractivity contribution in [3.05, 3.63) is 0 Å². The second-order valence-corrected chi connectivity index (χ2v) is 8.10. The number of Topliss-reactive ketones (excluding diaryl/α,β-unsaturated/α-hetero) is 1. The molecule has 0 aromatic carbocycles. The van der Waals surface area contributed by atoms with Crippen molar-refractivity contribution in [2.75, 3.05) is 0 Å². The summed E-state index contributed by atoms with van der Waals surface area (Å²) in [6.07, 6.45) is 3.67. The fraction of sp³-hybridized carbons (Fsp3) is 0.917. The molecular formula is C12H21NO2S. The van der Waals surface area contributed by atoms with Crippen LogP contribution < -0.4 is 0 Å². The molecule has 0 N–H and O–H groups in total. The average molecular weight is 243 g/mol.